The number of benzene rings is 2. The predicted molar refractivity (Wildman–Crippen MR) is 142 cm³/mol. The quantitative estimate of drug-likeness (QED) is 0.383. The SMILES string of the molecule is CCC1CC[NH+](CC(=O)c2cccs2)CC1.Cc1ccc(CNC(C(=O)O)c2ccccc2)cc1. The minimum atomic E-state index is -0.863. The summed E-state index contributed by atoms with van der Waals surface area (Å²) in [6.07, 6.45) is 3.89. The van der Waals surface area contributed by atoms with Gasteiger partial charge in [-0.25, -0.2) is 0 Å². The number of carboxylic acids is 1. The lowest BCUT2D eigenvalue weighted by atomic mass is 9.94. The van der Waals surface area contributed by atoms with Crippen LogP contribution in [0.1, 0.15) is 58.6 Å². The van der Waals surface area contributed by atoms with Gasteiger partial charge in [0.15, 0.2) is 0 Å². The van der Waals surface area contributed by atoms with Gasteiger partial charge < -0.3 is 10.0 Å². The third-order valence-corrected chi connectivity index (χ3v) is 7.52. The number of quaternary nitrogens is 1. The van der Waals surface area contributed by atoms with E-state index in [0.29, 0.717) is 18.9 Å². The van der Waals surface area contributed by atoms with Crippen LogP contribution in [0.4, 0.5) is 0 Å². The molecule has 5 nitrogen and oxygen atoms in total. The Balaban J connectivity index is 0.000000198. The summed E-state index contributed by atoms with van der Waals surface area (Å²) in [5, 5.41) is 14.3. The number of Topliss-reactive ketones (excluding diaryl/α,β-unsaturated/α-hetero) is 1. The number of carbonyl (C=O) groups excluding carboxylic acids is 1. The fourth-order valence-electron chi connectivity index (χ4n) is 4.34. The molecule has 0 aliphatic carbocycles. The topological polar surface area (TPSA) is 70.8 Å². The van der Waals surface area contributed by atoms with Crippen LogP contribution in [0.3, 0.4) is 0 Å². The number of rotatable bonds is 9. The highest BCUT2D eigenvalue weighted by Crippen LogP contribution is 2.15. The molecule has 3 N–H and O–H groups in total. The summed E-state index contributed by atoms with van der Waals surface area (Å²) in [7, 11) is 0. The Labute approximate surface area is 212 Å². The number of carboxylic acid groups (broad SMARTS) is 1. The molecule has 0 saturated carbocycles. The highest BCUT2D eigenvalue weighted by Gasteiger charge is 2.23. The molecule has 0 spiro atoms. The van der Waals surface area contributed by atoms with E-state index in [-0.39, 0.29) is 0 Å². The summed E-state index contributed by atoms with van der Waals surface area (Å²) in [5.41, 5.74) is 3.04. The number of ketones is 1. The van der Waals surface area contributed by atoms with Crippen LogP contribution < -0.4 is 10.2 Å². The van der Waals surface area contributed by atoms with Crippen molar-refractivity contribution in [1.29, 1.82) is 0 Å². The second-order valence-corrected chi connectivity index (χ2v) is 10.2. The monoisotopic (exact) mass is 493 g/mol. The molecule has 0 bridgehead atoms. The van der Waals surface area contributed by atoms with Gasteiger partial charge in [-0.2, -0.15) is 0 Å². The van der Waals surface area contributed by atoms with Crippen LogP contribution in [0.2, 0.25) is 0 Å². The van der Waals surface area contributed by atoms with Gasteiger partial charge in [0, 0.05) is 6.54 Å². The number of aliphatic carboxylic acids is 1. The average molecular weight is 494 g/mol. The molecule has 1 fully saturated rings. The summed E-state index contributed by atoms with van der Waals surface area (Å²) >= 11 is 1.56. The van der Waals surface area contributed by atoms with E-state index in [2.05, 4.69) is 12.2 Å². The smallest absolute Gasteiger partial charge is 0.325 e. The molecular weight excluding hydrogens is 456 g/mol. The molecule has 1 aromatic heterocycles. The van der Waals surface area contributed by atoms with Crippen molar-refractivity contribution in [2.45, 2.75) is 45.7 Å². The molecule has 1 aliphatic rings. The van der Waals surface area contributed by atoms with Gasteiger partial charge in [-0.05, 0) is 48.3 Å². The maximum Gasteiger partial charge on any atom is 0.325 e. The molecule has 1 atom stereocenters. The molecule has 0 radical (unpaired) electrons. The summed E-state index contributed by atoms with van der Waals surface area (Å²) in [6.45, 7) is 7.88. The standard InChI is InChI=1S/C16H17NO2.C13H19NOS/c1-12-7-9-13(10-8-12)11-17-15(16(18)19)14-5-3-2-4-6-14;1-2-11-5-7-14(8-6-11)10-12(15)13-4-3-9-16-13/h2-10,15,17H,11H2,1H3,(H,18,19);3-4,9,11H,2,5-8,10H2,1H3/p+1. The average Bonchev–Trinajstić information content (AvgIpc) is 3.42. The Bertz CT molecular complexity index is 1030. The van der Waals surface area contributed by atoms with Crippen molar-refractivity contribution in [2.75, 3.05) is 19.6 Å². The van der Waals surface area contributed by atoms with Crippen molar-refractivity contribution in [3.05, 3.63) is 93.7 Å². The number of thiophene rings is 1. The fourth-order valence-corrected chi connectivity index (χ4v) is 5.01. The lowest BCUT2D eigenvalue weighted by Crippen LogP contribution is -3.13. The van der Waals surface area contributed by atoms with E-state index in [1.807, 2.05) is 79.0 Å². The van der Waals surface area contributed by atoms with Gasteiger partial charge in [0.1, 0.15) is 12.6 Å². The van der Waals surface area contributed by atoms with Gasteiger partial charge in [-0.15, -0.1) is 11.3 Å². The zero-order valence-electron chi connectivity index (χ0n) is 20.7. The van der Waals surface area contributed by atoms with E-state index >= 15 is 0 Å². The normalized spacial score (nSPS) is 18.2. The predicted octanol–water partition coefficient (Wildman–Crippen LogP) is 4.55. The molecule has 0 amide bonds. The molecule has 3 aromatic rings. The van der Waals surface area contributed by atoms with Crippen molar-refractivity contribution < 1.29 is 19.6 Å². The molecule has 4 rings (SSSR count). The van der Waals surface area contributed by atoms with Crippen molar-refractivity contribution in [3.63, 3.8) is 0 Å². The number of likely N-dealkylation sites (tertiary alicyclic amines) is 1. The molecular formula is C29H37N2O3S+. The Morgan fingerprint density at radius 2 is 1.71 bits per heavy atom. The third kappa shape index (κ3) is 8.73. The molecule has 186 valence electrons. The van der Waals surface area contributed by atoms with Crippen LogP contribution in [0.5, 0.6) is 0 Å². The van der Waals surface area contributed by atoms with Crippen LogP contribution in [-0.4, -0.2) is 36.5 Å². The largest absolute Gasteiger partial charge is 0.480 e. The maximum absolute atomic E-state index is 11.9. The molecule has 2 aromatic carbocycles. The molecule has 6 heteroatoms. The zero-order valence-corrected chi connectivity index (χ0v) is 21.5. The molecule has 2 heterocycles. The van der Waals surface area contributed by atoms with Gasteiger partial charge in [-0.1, -0.05) is 79.6 Å². The molecule has 1 saturated heterocycles. The lowest BCUT2D eigenvalue weighted by molar-refractivity contribution is -0.897. The first kappa shape index (κ1) is 26.8. The fraction of sp³-hybridized carbons (Fsp3) is 0.379. The third-order valence-electron chi connectivity index (χ3n) is 6.61. The summed E-state index contributed by atoms with van der Waals surface area (Å²) < 4.78 is 0. The highest BCUT2D eigenvalue weighted by atomic mass is 32.1. The van der Waals surface area contributed by atoms with Gasteiger partial charge in [0.2, 0.25) is 5.78 Å². The molecule has 1 aliphatic heterocycles. The zero-order chi connectivity index (χ0) is 25.0. The van der Waals surface area contributed by atoms with Gasteiger partial charge in [0.05, 0.1) is 18.0 Å². The summed E-state index contributed by atoms with van der Waals surface area (Å²) in [6, 6.07) is 20.5. The van der Waals surface area contributed by atoms with E-state index < -0.39 is 12.0 Å². The highest BCUT2D eigenvalue weighted by molar-refractivity contribution is 7.12. The van der Waals surface area contributed by atoms with Crippen LogP contribution >= 0.6 is 11.3 Å². The second-order valence-electron chi connectivity index (χ2n) is 9.23. The summed E-state index contributed by atoms with van der Waals surface area (Å²) in [5.74, 6) is 0.360. The van der Waals surface area contributed by atoms with Gasteiger partial charge in [-0.3, -0.25) is 14.9 Å². The van der Waals surface area contributed by atoms with Crippen molar-refractivity contribution in [1.82, 2.24) is 5.32 Å². The van der Waals surface area contributed by atoms with Crippen LogP contribution in [-0.2, 0) is 11.3 Å². The number of hydrogen-bond acceptors (Lipinski definition) is 4. The minimum absolute atomic E-state index is 0.319. The van der Waals surface area contributed by atoms with E-state index in [4.69, 9.17) is 0 Å². The summed E-state index contributed by atoms with van der Waals surface area (Å²) in [4.78, 5) is 25.6. The second kappa shape index (κ2) is 13.9. The number of carbonyl (C=O) groups is 2. The minimum Gasteiger partial charge on any atom is -0.480 e. The van der Waals surface area contributed by atoms with E-state index in [1.165, 1.54) is 42.8 Å². The van der Waals surface area contributed by atoms with E-state index in [0.717, 1.165) is 21.9 Å². The number of hydrogen-bond donors (Lipinski definition) is 3. The van der Waals surface area contributed by atoms with Crippen LogP contribution in [0.25, 0.3) is 0 Å². The maximum atomic E-state index is 11.9. The van der Waals surface area contributed by atoms with E-state index in [1.54, 1.807) is 11.3 Å². The number of nitrogens with one attached hydrogen (secondary N) is 2. The number of aryl methyl sites for hydroxylation is 1. The van der Waals surface area contributed by atoms with Gasteiger partial charge in [0.25, 0.3) is 0 Å². The first-order chi connectivity index (χ1) is 17.0. The Kier molecular flexibility index (Phi) is 10.7. The van der Waals surface area contributed by atoms with Crippen molar-refractivity contribution in [2.24, 2.45) is 5.92 Å². The van der Waals surface area contributed by atoms with Crippen LogP contribution in [0, 0.1) is 12.8 Å². The van der Waals surface area contributed by atoms with Crippen LogP contribution in [0.15, 0.2) is 72.1 Å². The first-order valence-corrected chi connectivity index (χ1v) is 13.3. The lowest BCUT2D eigenvalue weighted by Gasteiger charge is -2.27. The Hall–Kier alpha value is -2.80. The van der Waals surface area contributed by atoms with Crippen molar-refractivity contribution >= 4 is 23.1 Å². The van der Waals surface area contributed by atoms with E-state index in [9.17, 15) is 14.7 Å². The molecule has 35 heavy (non-hydrogen) atoms. The van der Waals surface area contributed by atoms with Crippen molar-refractivity contribution in [3.8, 4) is 0 Å². The first-order valence-electron chi connectivity index (χ1n) is 12.4. The molecule has 1 unspecified atom stereocenters. The Morgan fingerprint density at radius 3 is 2.29 bits per heavy atom. The Morgan fingerprint density at radius 1 is 1.03 bits per heavy atom. The van der Waals surface area contributed by atoms with Gasteiger partial charge >= 0.3 is 5.97 Å². The number of piperidine rings is 1.